The Balaban J connectivity index is 1.80. The van der Waals surface area contributed by atoms with Gasteiger partial charge in [-0.05, 0) is 55.5 Å². The summed E-state index contributed by atoms with van der Waals surface area (Å²) in [5, 5.41) is 4.32. The van der Waals surface area contributed by atoms with Crippen LogP contribution in [0.5, 0.6) is 0 Å². The fraction of sp³-hybridized carbons (Fsp3) is 0.154. The van der Waals surface area contributed by atoms with Gasteiger partial charge in [-0.15, -0.1) is 0 Å². The van der Waals surface area contributed by atoms with Crippen LogP contribution in [-0.2, 0) is 0 Å². The normalized spacial score (nSPS) is 14.9. The van der Waals surface area contributed by atoms with E-state index in [1.807, 2.05) is 0 Å². The minimum Gasteiger partial charge on any atom is -0.299 e. The second-order valence-electron chi connectivity index (χ2n) is 7.27. The van der Waals surface area contributed by atoms with E-state index >= 15 is 0 Å². The van der Waals surface area contributed by atoms with Crippen LogP contribution in [-0.4, -0.2) is 19.0 Å². The van der Waals surface area contributed by atoms with Gasteiger partial charge in [0, 0.05) is 0 Å². The first-order chi connectivity index (χ1) is 13.8. The fourth-order valence-corrected chi connectivity index (χ4v) is 6.52. The van der Waals surface area contributed by atoms with Crippen molar-refractivity contribution in [2.45, 2.75) is 12.5 Å². The zero-order valence-electron chi connectivity index (χ0n) is 16.5. The molecule has 1 aliphatic carbocycles. The minimum atomic E-state index is -0.573. The molecule has 2 heteroatoms. The molecule has 0 amide bonds. The smallest absolute Gasteiger partial charge is 0.0600 e. The van der Waals surface area contributed by atoms with Crippen LogP contribution in [0.3, 0.4) is 0 Å². The fourth-order valence-electron chi connectivity index (χ4n) is 3.96. The van der Waals surface area contributed by atoms with E-state index < -0.39 is 7.92 Å². The second kappa shape index (κ2) is 8.69. The van der Waals surface area contributed by atoms with E-state index in [0.717, 1.165) is 6.42 Å². The Morgan fingerprint density at radius 3 is 1.68 bits per heavy atom. The number of benzene rings is 3. The van der Waals surface area contributed by atoms with Crippen LogP contribution in [0.15, 0.2) is 114 Å². The molecular formula is C26H26NP. The van der Waals surface area contributed by atoms with Crippen LogP contribution in [0, 0.1) is 0 Å². The van der Waals surface area contributed by atoms with E-state index in [2.05, 4.69) is 122 Å². The molecule has 3 aromatic rings. The summed E-state index contributed by atoms with van der Waals surface area (Å²) in [4.78, 5) is 2.34. The molecule has 28 heavy (non-hydrogen) atoms. The summed E-state index contributed by atoms with van der Waals surface area (Å²) in [5.74, 6) is 0. The molecule has 140 valence electrons. The summed E-state index contributed by atoms with van der Waals surface area (Å²) in [6, 6.07) is 33.1. The molecule has 1 nitrogen and oxygen atoms in total. The van der Waals surface area contributed by atoms with Crippen molar-refractivity contribution in [1.82, 2.24) is 4.90 Å². The Hall–Kier alpha value is -2.47. The number of hydrogen-bond acceptors (Lipinski definition) is 1. The molecule has 4 rings (SSSR count). The van der Waals surface area contributed by atoms with Crippen LogP contribution < -0.4 is 10.6 Å². The molecule has 0 fully saturated rings. The third-order valence-electron chi connectivity index (χ3n) is 5.14. The van der Waals surface area contributed by atoms with E-state index in [-0.39, 0.29) is 6.04 Å². The molecule has 0 aliphatic heterocycles. The first-order valence-electron chi connectivity index (χ1n) is 9.78. The number of likely N-dealkylation sites (N-methyl/N-ethyl adjacent to an activating group) is 1. The Morgan fingerprint density at radius 1 is 0.679 bits per heavy atom. The van der Waals surface area contributed by atoms with Gasteiger partial charge < -0.3 is 0 Å². The lowest BCUT2D eigenvalue weighted by Gasteiger charge is -2.31. The van der Waals surface area contributed by atoms with Crippen molar-refractivity contribution in [1.29, 1.82) is 0 Å². The summed E-state index contributed by atoms with van der Waals surface area (Å²) in [6.45, 7) is 0. The highest BCUT2D eigenvalue weighted by Crippen LogP contribution is 2.52. The van der Waals surface area contributed by atoms with Crippen molar-refractivity contribution in [2.75, 3.05) is 14.1 Å². The molecule has 0 bridgehead atoms. The monoisotopic (exact) mass is 383 g/mol. The molecule has 0 unspecified atom stereocenters. The average molecular weight is 383 g/mol. The molecule has 0 saturated heterocycles. The van der Waals surface area contributed by atoms with Crippen LogP contribution in [0.2, 0.25) is 0 Å². The van der Waals surface area contributed by atoms with Gasteiger partial charge >= 0.3 is 0 Å². The molecule has 1 atom stereocenters. The van der Waals surface area contributed by atoms with Crippen molar-refractivity contribution in [3.8, 4) is 0 Å². The van der Waals surface area contributed by atoms with Crippen molar-refractivity contribution in [2.24, 2.45) is 0 Å². The summed E-state index contributed by atoms with van der Waals surface area (Å²) in [7, 11) is 3.79. The lowest BCUT2D eigenvalue weighted by molar-refractivity contribution is 0.341. The molecule has 0 aromatic heterocycles. The Bertz CT molecular complexity index is 920. The summed E-state index contributed by atoms with van der Waals surface area (Å²) >= 11 is 0. The molecular weight excluding hydrogens is 357 g/mol. The van der Waals surface area contributed by atoms with E-state index in [1.165, 1.54) is 27.1 Å². The van der Waals surface area contributed by atoms with Gasteiger partial charge in [0.2, 0.25) is 0 Å². The van der Waals surface area contributed by atoms with Crippen LogP contribution in [0.4, 0.5) is 0 Å². The Kier molecular flexibility index (Phi) is 5.86. The number of allylic oxidation sites excluding steroid dienone is 2. The number of nitrogens with zero attached hydrogens (tertiary/aromatic N) is 1. The summed E-state index contributed by atoms with van der Waals surface area (Å²) < 4.78 is 0. The van der Waals surface area contributed by atoms with E-state index in [0.29, 0.717) is 0 Å². The average Bonchev–Trinajstić information content (AvgIpc) is 3.19. The largest absolute Gasteiger partial charge is 0.299 e. The Morgan fingerprint density at radius 2 is 1.18 bits per heavy atom. The van der Waals surface area contributed by atoms with Gasteiger partial charge in [-0.2, -0.15) is 0 Å². The van der Waals surface area contributed by atoms with Crippen molar-refractivity contribution >= 4 is 18.5 Å². The van der Waals surface area contributed by atoms with Gasteiger partial charge in [0.25, 0.3) is 0 Å². The SMILES string of the molecule is CN(C)[C@@H](C1=CCC=C1P(c1ccccc1)c1ccccc1)c1ccccc1. The molecule has 0 radical (unpaired) electrons. The van der Waals surface area contributed by atoms with Crippen molar-refractivity contribution in [3.63, 3.8) is 0 Å². The molecule has 0 N–H and O–H groups in total. The maximum atomic E-state index is 2.44. The zero-order chi connectivity index (χ0) is 19.3. The predicted octanol–water partition coefficient (Wildman–Crippen LogP) is 5.64. The first-order valence-corrected chi connectivity index (χ1v) is 11.1. The van der Waals surface area contributed by atoms with Gasteiger partial charge in [-0.3, -0.25) is 4.90 Å². The molecule has 3 aromatic carbocycles. The van der Waals surface area contributed by atoms with Gasteiger partial charge in [-0.25, -0.2) is 0 Å². The molecule has 0 saturated carbocycles. The Labute approximate surface area is 169 Å². The topological polar surface area (TPSA) is 3.24 Å². The highest BCUT2D eigenvalue weighted by molar-refractivity contribution is 7.77. The summed E-state index contributed by atoms with van der Waals surface area (Å²) in [6.07, 6.45) is 5.88. The quantitative estimate of drug-likeness (QED) is 0.498. The third-order valence-corrected chi connectivity index (χ3v) is 7.69. The first kappa shape index (κ1) is 18.9. The zero-order valence-corrected chi connectivity index (χ0v) is 17.4. The highest BCUT2D eigenvalue weighted by atomic mass is 31.1. The standard InChI is InChI=1S/C26H26NP/c1-27(2)26(21-13-6-3-7-14-21)24-19-12-20-25(24)28(22-15-8-4-9-16-22)23-17-10-5-11-18-23/h3-11,13-20,26H,12H2,1-2H3/t26-/m1/s1. The summed E-state index contributed by atoms with van der Waals surface area (Å²) in [5.41, 5.74) is 2.80. The van der Waals surface area contributed by atoms with Crippen LogP contribution in [0.1, 0.15) is 18.0 Å². The van der Waals surface area contributed by atoms with Crippen molar-refractivity contribution in [3.05, 3.63) is 120 Å². The van der Waals surface area contributed by atoms with Crippen LogP contribution in [0.25, 0.3) is 0 Å². The minimum absolute atomic E-state index is 0.271. The lowest BCUT2D eigenvalue weighted by Crippen LogP contribution is -2.24. The highest BCUT2D eigenvalue weighted by Gasteiger charge is 2.30. The third kappa shape index (κ3) is 3.87. The van der Waals surface area contributed by atoms with E-state index in [1.54, 1.807) is 0 Å². The molecule has 0 heterocycles. The number of rotatable bonds is 6. The molecule has 0 spiro atoms. The van der Waals surface area contributed by atoms with Gasteiger partial charge in [0.1, 0.15) is 0 Å². The van der Waals surface area contributed by atoms with Gasteiger partial charge in [-0.1, -0.05) is 103 Å². The van der Waals surface area contributed by atoms with E-state index in [4.69, 9.17) is 0 Å². The van der Waals surface area contributed by atoms with Gasteiger partial charge in [0.05, 0.1) is 6.04 Å². The van der Waals surface area contributed by atoms with Gasteiger partial charge in [0.15, 0.2) is 0 Å². The maximum Gasteiger partial charge on any atom is 0.0600 e. The lowest BCUT2D eigenvalue weighted by atomic mass is 9.98. The number of hydrogen-bond donors (Lipinski definition) is 0. The second-order valence-corrected chi connectivity index (χ2v) is 9.45. The van der Waals surface area contributed by atoms with E-state index in [9.17, 15) is 0 Å². The maximum absolute atomic E-state index is 2.44. The predicted molar refractivity (Wildman–Crippen MR) is 123 cm³/mol. The molecule has 1 aliphatic rings. The van der Waals surface area contributed by atoms with Crippen LogP contribution >= 0.6 is 7.92 Å². The van der Waals surface area contributed by atoms with Crippen molar-refractivity contribution < 1.29 is 0 Å².